The quantitative estimate of drug-likeness (QED) is 0.693. The predicted octanol–water partition coefficient (Wildman–Crippen LogP) is 2.54. The zero-order chi connectivity index (χ0) is 20.1. The maximum Gasteiger partial charge on any atom is 0.251 e. The van der Waals surface area contributed by atoms with Crippen LogP contribution in [-0.4, -0.2) is 43.2 Å². The van der Waals surface area contributed by atoms with Crippen molar-refractivity contribution in [3.05, 3.63) is 65.7 Å². The van der Waals surface area contributed by atoms with Crippen molar-refractivity contribution < 1.29 is 9.53 Å². The number of nitrogens with zero attached hydrogens (tertiary/aromatic N) is 5. The molecule has 0 bridgehead atoms. The Kier molecular flexibility index (Phi) is 5.79. The van der Waals surface area contributed by atoms with Crippen LogP contribution in [0, 0.1) is 6.92 Å². The van der Waals surface area contributed by atoms with Crippen molar-refractivity contribution in [2.24, 2.45) is 0 Å². The third-order valence-corrected chi connectivity index (χ3v) is 5.21. The molecule has 1 aliphatic rings. The molecular formula is C21H24N6O2. The molecule has 29 heavy (non-hydrogen) atoms. The van der Waals surface area contributed by atoms with Crippen molar-refractivity contribution in [2.75, 3.05) is 0 Å². The van der Waals surface area contributed by atoms with Gasteiger partial charge in [0.1, 0.15) is 12.1 Å². The molecular weight excluding hydrogens is 368 g/mol. The van der Waals surface area contributed by atoms with E-state index in [-0.39, 0.29) is 18.1 Å². The average Bonchev–Trinajstić information content (AvgIpc) is 3.25. The van der Waals surface area contributed by atoms with Gasteiger partial charge in [0, 0.05) is 17.8 Å². The standard InChI is InChI=1S/C21H24N6O2/c1-15-20(3-2-12-22-15)29-19-10-8-18(9-11-19)24-21(28)17-6-4-16(5-7-17)13-27-14-23-25-26-27/h2-7,12,14,18-19H,8-11,13H2,1H3,(H,24,28). The number of carbonyl (C=O) groups excluding carboxylic acids is 1. The van der Waals surface area contributed by atoms with Crippen molar-refractivity contribution in [1.82, 2.24) is 30.5 Å². The van der Waals surface area contributed by atoms with E-state index in [4.69, 9.17) is 4.74 Å². The summed E-state index contributed by atoms with van der Waals surface area (Å²) in [4.78, 5) is 16.8. The normalized spacial score (nSPS) is 18.9. The first-order chi connectivity index (χ1) is 14.2. The summed E-state index contributed by atoms with van der Waals surface area (Å²) in [5.41, 5.74) is 2.61. The van der Waals surface area contributed by atoms with Crippen LogP contribution in [0.25, 0.3) is 0 Å². The van der Waals surface area contributed by atoms with Crippen LogP contribution in [0.15, 0.2) is 48.9 Å². The highest BCUT2D eigenvalue weighted by Crippen LogP contribution is 2.25. The Morgan fingerprint density at radius 3 is 2.66 bits per heavy atom. The van der Waals surface area contributed by atoms with Crippen LogP contribution in [0.4, 0.5) is 0 Å². The molecule has 8 heteroatoms. The Morgan fingerprint density at radius 2 is 1.97 bits per heavy atom. The van der Waals surface area contributed by atoms with Crippen LogP contribution in [-0.2, 0) is 6.54 Å². The molecule has 0 aliphatic heterocycles. The monoisotopic (exact) mass is 392 g/mol. The van der Waals surface area contributed by atoms with Crippen LogP contribution in [0.2, 0.25) is 0 Å². The number of aromatic nitrogens is 5. The first-order valence-electron chi connectivity index (χ1n) is 9.86. The summed E-state index contributed by atoms with van der Waals surface area (Å²) in [6.45, 7) is 2.53. The Balaban J connectivity index is 1.26. The molecule has 0 unspecified atom stereocenters. The molecule has 0 radical (unpaired) electrons. The number of amides is 1. The summed E-state index contributed by atoms with van der Waals surface area (Å²) in [6, 6.07) is 11.6. The van der Waals surface area contributed by atoms with E-state index in [1.807, 2.05) is 43.3 Å². The lowest BCUT2D eigenvalue weighted by Crippen LogP contribution is -2.39. The van der Waals surface area contributed by atoms with E-state index in [2.05, 4.69) is 25.8 Å². The number of nitrogens with one attached hydrogen (secondary N) is 1. The lowest BCUT2D eigenvalue weighted by molar-refractivity contribution is 0.0893. The number of carbonyl (C=O) groups is 1. The van der Waals surface area contributed by atoms with Crippen LogP contribution in [0.5, 0.6) is 5.75 Å². The fraction of sp³-hybridized carbons (Fsp3) is 0.381. The van der Waals surface area contributed by atoms with Crippen LogP contribution in [0.3, 0.4) is 0 Å². The maximum atomic E-state index is 12.6. The van der Waals surface area contributed by atoms with Gasteiger partial charge in [0.15, 0.2) is 0 Å². The number of tetrazole rings is 1. The lowest BCUT2D eigenvalue weighted by atomic mass is 9.92. The molecule has 1 amide bonds. The summed E-state index contributed by atoms with van der Waals surface area (Å²) < 4.78 is 7.73. The second-order valence-electron chi connectivity index (χ2n) is 7.36. The second-order valence-corrected chi connectivity index (χ2v) is 7.36. The van der Waals surface area contributed by atoms with Gasteiger partial charge in [-0.25, -0.2) is 4.68 Å². The molecule has 4 rings (SSSR count). The van der Waals surface area contributed by atoms with E-state index < -0.39 is 0 Å². The van der Waals surface area contributed by atoms with Crippen molar-refractivity contribution in [3.63, 3.8) is 0 Å². The summed E-state index contributed by atoms with van der Waals surface area (Å²) in [6.07, 6.45) is 7.18. The van der Waals surface area contributed by atoms with E-state index in [1.54, 1.807) is 17.2 Å². The number of aryl methyl sites for hydroxylation is 1. The first kappa shape index (κ1) is 19.0. The molecule has 0 saturated heterocycles. The van der Waals surface area contributed by atoms with Crippen LogP contribution < -0.4 is 10.1 Å². The predicted molar refractivity (Wildman–Crippen MR) is 106 cm³/mol. The fourth-order valence-electron chi connectivity index (χ4n) is 3.57. The van der Waals surface area contributed by atoms with Gasteiger partial charge in [-0.1, -0.05) is 12.1 Å². The summed E-state index contributed by atoms with van der Waals surface area (Å²) in [5.74, 6) is 0.813. The molecule has 1 N–H and O–H groups in total. The zero-order valence-corrected chi connectivity index (χ0v) is 16.4. The molecule has 2 aromatic heterocycles. The minimum absolute atomic E-state index is 0.0357. The van der Waals surface area contributed by atoms with E-state index in [9.17, 15) is 4.79 Å². The van der Waals surface area contributed by atoms with E-state index in [0.29, 0.717) is 12.1 Å². The molecule has 150 valence electrons. The van der Waals surface area contributed by atoms with Gasteiger partial charge in [0.25, 0.3) is 5.91 Å². The van der Waals surface area contributed by atoms with Gasteiger partial charge in [-0.05, 0) is 72.9 Å². The third-order valence-electron chi connectivity index (χ3n) is 5.21. The summed E-state index contributed by atoms with van der Waals surface area (Å²) in [7, 11) is 0. The molecule has 1 aromatic carbocycles. The number of benzene rings is 1. The number of pyridine rings is 1. The Hall–Kier alpha value is -3.29. The molecule has 8 nitrogen and oxygen atoms in total. The Morgan fingerprint density at radius 1 is 1.17 bits per heavy atom. The smallest absolute Gasteiger partial charge is 0.251 e. The minimum atomic E-state index is -0.0357. The first-order valence-corrected chi connectivity index (χ1v) is 9.86. The van der Waals surface area contributed by atoms with Crippen molar-refractivity contribution in [1.29, 1.82) is 0 Å². The fourth-order valence-corrected chi connectivity index (χ4v) is 3.57. The Labute approximate surface area is 169 Å². The molecule has 1 aliphatic carbocycles. The van der Waals surface area contributed by atoms with Gasteiger partial charge >= 0.3 is 0 Å². The summed E-state index contributed by atoms with van der Waals surface area (Å²) >= 11 is 0. The highest BCUT2D eigenvalue weighted by atomic mass is 16.5. The molecule has 0 spiro atoms. The topological polar surface area (TPSA) is 94.8 Å². The average molecular weight is 392 g/mol. The number of rotatable bonds is 6. The van der Waals surface area contributed by atoms with Gasteiger partial charge in [-0.2, -0.15) is 0 Å². The number of ether oxygens (including phenoxy) is 1. The van der Waals surface area contributed by atoms with Crippen molar-refractivity contribution >= 4 is 5.91 Å². The summed E-state index contributed by atoms with van der Waals surface area (Å²) in [5, 5.41) is 14.2. The molecule has 1 saturated carbocycles. The highest BCUT2D eigenvalue weighted by Gasteiger charge is 2.24. The SMILES string of the molecule is Cc1ncccc1OC1CCC(NC(=O)c2ccc(Cn3cnnn3)cc2)CC1. The number of hydrogen-bond donors (Lipinski definition) is 1. The Bertz CT molecular complexity index is 934. The van der Waals surface area contributed by atoms with E-state index in [0.717, 1.165) is 42.7 Å². The molecule has 3 aromatic rings. The largest absolute Gasteiger partial charge is 0.489 e. The van der Waals surface area contributed by atoms with Gasteiger partial charge in [0.2, 0.25) is 0 Å². The zero-order valence-electron chi connectivity index (χ0n) is 16.4. The minimum Gasteiger partial charge on any atom is -0.489 e. The van der Waals surface area contributed by atoms with Crippen LogP contribution >= 0.6 is 0 Å². The van der Waals surface area contributed by atoms with Gasteiger partial charge < -0.3 is 10.1 Å². The van der Waals surface area contributed by atoms with Gasteiger partial charge in [-0.15, -0.1) is 5.10 Å². The molecule has 0 atom stereocenters. The maximum absolute atomic E-state index is 12.6. The van der Waals surface area contributed by atoms with Gasteiger partial charge in [-0.3, -0.25) is 9.78 Å². The van der Waals surface area contributed by atoms with Crippen LogP contribution in [0.1, 0.15) is 47.3 Å². The molecule has 2 heterocycles. The molecule has 1 fully saturated rings. The number of hydrogen-bond acceptors (Lipinski definition) is 6. The van der Waals surface area contributed by atoms with Crippen molar-refractivity contribution in [3.8, 4) is 5.75 Å². The lowest BCUT2D eigenvalue weighted by Gasteiger charge is -2.29. The van der Waals surface area contributed by atoms with Gasteiger partial charge in [0.05, 0.1) is 18.3 Å². The highest BCUT2D eigenvalue weighted by molar-refractivity contribution is 5.94. The second kappa shape index (κ2) is 8.81. The van der Waals surface area contributed by atoms with E-state index in [1.165, 1.54) is 0 Å². The third kappa shape index (κ3) is 4.96. The van der Waals surface area contributed by atoms with Crippen molar-refractivity contribution in [2.45, 2.75) is 51.3 Å². The van der Waals surface area contributed by atoms with E-state index >= 15 is 0 Å².